The number of hydrogen-bond acceptors (Lipinski definition) is 4. The molecule has 8 heteroatoms. The van der Waals surface area contributed by atoms with E-state index >= 15 is 0 Å². The van der Waals surface area contributed by atoms with E-state index in [2.05, 4.69) is 5.32 Å². The van der Waals surface area contributed by atoms with Gasteiger partial charge in [-0.15, -0.1) is 0 Å². The van der Waals surface area contributed by atoms with Crippen molar-refractivity contribution >= 4 is 33.2 Å². The highest BCUT2D eigenvalue weighted by molar-refractivity contribution is 7.92. The smallest absolute Gasteiger partial charge is 0.264 e. The van der Waals surface area contributed by atoms with Crippen molar-refractivity contribution in [3.63, 3.8) is 0 Å². The van der Waals surface area contributed by atoms with Crippen LogP contribution in [0, 0.1) is 13.8 Å². The van der Waals surface area contributed by atoms with E-state index in [1.807, 2.05) is 13.8 Å². The molecule has 0 heterocycles. The van der Waals surface area contributed by atoms with Crippen molar-refractivity contribution in [2.75, 3.05) is 31.1 Å². The molecule has 0 saturated heterocycles. The Kier molecular flexibility index (Phi) is 7.86. The monoisotopic (exact) mass is 424 g/mol. The molecule has 2 rings (SSSR count). The summed E-state index contributed by atoms with van der Waals surface area (Å²) in [7, 11) is -2.36. The van der Waals surface area contributed by atoms with Gasteiger partial charge in [0.1, 0.15) is 6.54 Å². The number of carbonyl (C=O) groups excluding carboxylic acids is 1. The molecule has 0 radical (unpaired) electrons. The number of ether oxygens (including phenoxy) is 1. The minimum Gasteiger partial charge on any atom is -0.385 e. The molecule has 0 saturated carbocycles. The molecule has 1 N–H and O–H groups in total. The number of methoxy groups -OCH3 is 1. The molecular formula is C20H25ClN2O4S. The van der Waals surface area contributed by atoms with Crippen LogP contribution >= 0.6 is 11.6 Å². The normalized spacial score (nSPS) is 11.3. The van der Waals surface area contributed by atoms with Crippen LogP contribution in [0.3, 0.4) is 0 Å². The molecule has 0 aromatic heterocycles. The van der Waals surface area contributed by atoms with E-state index in [0.717, 1.165) is 15.4 Å². The number of sulfonamides is 1. The first-order valence-electron chi connectivity index (χ1n) is 8.87. The number of aryl methyl sites for hydroxylation is 2. The Labute approximate surface area is 171 Å². The van der Waals surface area contributed by atoms with Crippen LogP contribution in [0.1, 0.15) is 17.5 Å². The Balaban J connectivity index is 2.34. The van der Waals surface area contributed by atoms with Crippen LogP contribution in [0.15, 0.2) is 47.4 Å². The lowest BCUT2D eigenvalue weighted by Gasteiger charge is -2.24. The maximum absolute atomic E-state index is 13.2. The molecule has 0 spiro atoms. The number of carbonyl (C=O) groups is 1. The van der Waals surface area contributed by atoms with Crippen LogP contribution in [0.2, 0.25) is 5.02 Å². The number of amides is 1. The molecule has 0 unspecified atom stereocenters. The summed E-state index contributed by atoms with van der Waals surface area (Å²) in [6.07, 6.45) is 0.642. The van der Waals surface area contributed by atoms with E-state index in [9.17, 15) is 13.2 Å². The zero-order valence-corrected chi connectivity index (χ0v) is 17.8. The zero-order valence-electron chi connectivity index (χ0n) is 16.2. The van der Waals surface area contributed by atoms with Crippen LogP contribution in [-0.2, 0) is 19.6 Å². The third-order valence-electron chi connectivity index (χ3n) is 4.19. The summed E-state index contributed by atoms with van der Waals surface area (Å²) >= 11 is 6.19. The van der Waals surface area contributed by atoms with E-state index in [1.165, 1.54) is 12.1 Å². The largest absolute Gasteiger partial charge is 0.385 e. The Morgan fingerprint density at radius 3 is 2.43 bits per heavy atom. The van der Waals surface area contributed by atoms with Gasteiger partial charge in [-0.25, -0.2) is 8.42 Å². The van der Waals surface area contributed by atoms with Gasteiger partial charge in [0.2, 0.25) is 5.91 Å². The molecule has 6 nitrogen and oxygen atoms in total. The minimum absolute atomic E-state index is 0.113. The van der Waals surface area contributed by atoms with Crippen molar-refractivity contribution in [3.8, 4) is 0 Å². The van der Waals surface area contributed by atoms with Gasteiger partial charge in [0.15, 0.2) is 0 Å². The third kappa shape index (κ3) is 5.70. The fraction of sp³-hybridized carbons (Fsp3) is 0.350. The van der Waals surface area contributed by atoms with Crippen LogP contribution in [-0.4, -0.2) is 41.1 Å². The summed E-state index contributed by atoms with van der Waals surface area (Å²) in [6.45, 7) is 4.27. The second kappa shape index (κ2) is 9.91. The van der Waals surface area contributed by atoms with Gasteiger partial charge in [-0.1, -0.05) is 35.4 Å². The molecule has 2 aromatic rings. The second-order valence-electron chi connectivity index (χ2n) is 6.45. The van der Waals surface area contributed by atoms with Crippen molar-refractivity contribution in [3.05, 3.63) is 58.6 Å². The van der Waals surface area contributed by atoms with Gasteiger partial charge < -0.3 is 10.1 Å². The Morgan fingerprint density at radius 1 is 1.14 bits per heavy atom. The summed E-state index contributed by atoms with van der Waals surface area (Å²) in [5, 5.41) is 3.15. The topological polar surface area (TPSA) is 75.7 Å². The molecule has 28 heavy (non-hydrogen) atoms. The maximum atomic E-state index is 13.2. The first-order valence-corrected chi connectivity index (χ1v) is 10.7. The van der Waals surface area contributed by atoms with Gasteiger partial charge in [-0.2, -0.15) is 0 Å². The molecule has 0 aliphatic heterocycles. The lowest BCUT2D eigenvalue weighted by molar-refractivity contribution is -0.119. The van der Waals surface area contributed by atoms with Crippen molar-refractivity contribution in [1.29, 1.82) is 0 Å². The minimum atomic E-state index is -3.94. The van der Waals surface area contributed by atoms with Crippen molar-refractivity contribution in [2.45, 2.75) is 25.2 Å². The molecule has 152 valence electrons. The highest BCUT2D eigenvalue weighted by atomic mass is 35.5. The maximum Gasteiger partial charge on any atom is 0.264 e. The number of nitrogens with one attached hydrogen (secondary N) is 1. The van der Waals surface area contributed by atoms with Crippen molar-refractivity contribution in [1.82, 2.24) is 5.32 Å². The van der Waals surface area contributed by atoms with Gasteiger partial charge in [0.25, 0.3) is 10.0 Å². The molecule has 1 amide bonds. The predicted molar refractivity (Wildman–Crippen MR) is 111 cm³/mol. The van der Waals surface area contributed by atoms with Crippen molar-refractivity contribution < 1.29 is 17.9 Å². The summed E-state index contributed by atoms with van der Waals surface area (Å²) in [5.41, 5.74) is 2.10. The van der Waals surface area contributed by atoms with E-state index in [0.29, 0.717) is 30.3 Å². The lowest BCUT2D eigenvalue weighted by Crippen LogP contribution is -2.41. The standard InChI is InChI=1S/C20H25ClN2O4S/c1-15-5-9-18(10-6-15)28(25,26)23(14-20(24)22-11-4-12-27-3)17-8-7-16(2)19(21)13-17/h5-10,13H,4,11-12,14H2,1-3H3,(H,22,24). The van der Waals surface area contributed by atoms with Crippen LogP contribution in [0.5, 0.6) is 0 Å². The molecular weight excluding hydrogens is 400 g/mol. The quantitative estimate of drug-likeness (QED) is 0.626. The number of nitrogens with zero attached hydrogens (tertiary/aromatic N) is 1. The molecule has 0 aliphatic rings. The van der Waals surface area contributed by atoms with Gasteiger partial charge in [0, 0.05) is 25.3 Å². The summed E-state index contributed by atoms with van der Waals surface area (Å²) < 4.78 is 32.5. The number of anilines is 1. The Hall–Kier alpha value is -2.09. The van der Waals surface area contributed by atoms with Crippen LogP contribution < -0.4 is 9.62 Å². The number of benzene rings is 2. The first kappa shape index (κ1) is 22.2. The van der Waals surface area contributed by atoms with Crippen molar-refractivity contribution in [2.24, 2.45) is 0 Å². The van der Waals surface area contributed by atoms with Gasteiger partial charge in [-0.3, -0.25) is 9.10 Å². The van der Waals surface area contributed by atoms with Gasteiger partial charge in [-0.05, 0) is 50.1 Å². The molecule has 0 aliphatic carbocycles. The van der Waals surface area contributed by atoms with Gasteiger partial charge >= 0.3 is 0 Å². The van der Waals surface area contributed by atoms with Crippen LogP contribution in [0.25, 0.3) is 0 Å². The SMILES string of the molecule is COCCCNC(=O)CN(c1ccc(C)c(Cl)c1)S(=O)(=O)c1ccc(C)cc1. The molecule has 2 aromatic carbocycles. The average molecular weight is 425 g/mol. The van der Waals surface area contributed by atoms with Gasteiger partial charge in [0.05, 0.1) is 10.6 Å². The number of rotatable bonds is 9. The van der Waals surface area contributed by atoms with E-state index in [1.54, 1.807) is 37.4 Å². The lowest BCUT2D eigenvalue weighted by atomic mass is 10.2. The summed E-state index contributed by atoms with van der Waals surface area (Å²) in [4.78, 5) is 12.5. The second-order valence-corrected chi connectivity index (χ2v) is 8.72. The van der Waals surface area contributed by atoms with Crippen LogP contribution in [0.4, 0.5) is 5.69 Å². The van der Waals surface area contributed by atoms with E-state index in [4.69, 9.17) is 16.3 Å². The molecule has 0 fully saturated rings. The summed E-state index contributed by atoms with van der Waals surface area (Å²) in [5.74, 6) is -0.400. The Bertz CT molecular complexity index is 914. The molecule has 0 bridgehead atoms. The fourth-order valence-electron chi connectivity index (χ4n) is 2.52. The Morgan fingerprint density at radius 2 is 1.82 bits per heavy atom. The average Bonchev–Trinajstić information content (AvgIpc) is 2.66. The predicted octanol–water partition coefficient (Wildman–Crippen LogP) is 3.30. The highest BCUT2D eigenvalue weighted by Gasteiger charge is 2.27. The highest BCUT2D eigenvalue weighted by Crippen LogP contribution is 2.28. The first-order chi connectivity index (χ1) is 13.3. The summed E-state index contributed by atoms with van der Waals surface area (Å²) in [6, 6.07) is 11.4. The fourth-order valence-corrected chi connectivity index (χ4v) is 4.11. The van der Waals surface area contributed by atoms with E-state index in [-0.39, 0.29) is 11.4 Å². The van der Waals surface area contributed by atoms with E-state index < -0.39 is 15.9 Å². The zero-order chi connectivity index (χ0) is 20.7. The third-order valence-corrected chi connectivity index (χ3v) is 6.38. The number of halogens is 1. The number of hydrogen-bond donors (Lipinski definition) is 1. The molecule has 0 atom stereocenters.